The fourth-order valence-corrected chi connectivity index (χ4v) is 1.41. The van der Waals surface area contributed by atoms with Crippen molar-refractivity contribution >= 4 is 11.6 Å². The van der Waals surface area contributed by atoms with Gasteiger partial charge in [0.2, 0.25) is 0 Å². The van der Waals surface area contributed by atoms with E-state index in [9.17, 15) is 0 Å². The van der Waals surface area contributed by atoms with Gasteiger partial charge in [-0.15, -0.1) is 0 Å². The van der Waals surface area contributed by atoms with E-state index < -0.39 is 0 Å². The Bertz CT molecular complexity index is 430. The third-order valence-electron chi connectivity index (χ3n) is 3.70. The molecule has 0 saturated heterocycles. The Morgan fingerprint density at radius 2 is 1.74 bits per heavy atom. The molecule has 1 aromatic rings. The molecule has 108 valence electrons. The molecule has 0 unspecified atom stereocenters. The first-order valence-corrected chi connectivity index (χ1v) is 6.91. The summed E-state index contributed by atoms with van der Waals surface area (Å²) in [6.45, 7) is 16.1. The monoisotopic (exact) mass is 264 g/mol. The number of anilines is 2. The Morgan fingerprint density at radius 1 is 1.16 bits per heavy atom. The summed E-state index contributed by atoms with van der Waals surface area (Å²) in [4.78, 5) is 8.88. The molecular weight excluding hydrogens is 236 g/mol. The van der Waals surface area contributed by atoms with Crippen LogP contribution in [0.3, 0.4) is 0 Å². The van der Waals surface area contributed by atoms with Gasteiger partial charge in [0.05, 0.1) is 0 Å². The molecule has 0 bridgehead atoms. The van der Waals surface area contributed by atoms with Crippen LogP contribution in [-0.4, -0.2) is 16.5 Å². The first-order valence-electron chi connectivity index (χ1n) is 6.91. The predicted molar refractivity (Wildman–Crippen MR) is 82.3 cm³/mol. The summed E-state index contributed by atoms with van der Waals surface area (Å²) in [6.07, 6.45) is 0. The molecule has 1 rings (SSSR count). The summed E-state index contributed by atoms with van der Waals surface area (Å²) in [6, 6.07) is 1.80. The number of hydrogen-bond donors (Lipinski definition) is 2. The van der Waals surface area contributed by atoms with Crippen molar-refractivity contribution in [1.82, 2.24) is 9.97 Å². The molecule has 0 amide bonds. The molecule has 0 saturated carbocycles. The molecule has 0 aliphatic heterocycles. The van der Waals surface area contributed by atoms with Gasteiger partial charge in [-0.25, -0.2) is 9.97 Å². The van der Waals surface area contributed by atoms with Gasteiger partial charge in [0, 0.05) is 18.0 Å². The predicted octanol–water partition coefficient (Wildman–Crippen LogP) is 3.45. The van der Waals surface area contributed by atoms with Crippen LogP contribution in [0.1, 0.15) is 54.3 Å². The van der Waals surface area contributed by atoms with Crippen LogP contribution in [0.25, 0.3) is 0 Å². The fraction of sp³-hybridized carbons (Fsp3) is 0.733. The SMILES string of the molecule is CC(C)C(C)(C)CNc1cc(N)nc(C(C)(C)C)n1. The van der Waals surface area contributed by atoms with Gasteiger partial charge in [-0.05, 0) is 11.3 Å². The molecule has 0 spiro atoms. The normalized spacial score (nSPS) is 12.8. The molecule has 0 fully saturated rings. The zero-order valence-electron chi connectivity index (χ0n) is 13.3. The van der Waals surface area contributed by atoms with Crippen molar-refractivity contribution in [3.05, 3.63) is 11.9 Å². The molecule has 0 aliphatic rings. The lowest BCUT2D eigenvalue weighted by molar-refractivity contribution is 0.269. The molecule has 0 radical (unpaired) electrons. The van der Waals surface area contributed by atoms with Crippen molar-refractivity contribution < 1.29 is 0 Å². The Hall–Kier alpha value is -1.32. The average Bonchev–Trinajstić information content (AvgIpc) is 2.24. The van der Waals surface area contributed by atoms with Crippen LogP contribution < -0.4 is 11.1 Å². The molecular formula is C15H28N4. The highest BCUT2D eigenvalue weighted by molar-refractivity contribution is 5.45. The summed E-state index contributed by atoms with van der Waals surface area (Å²) in [5.41, 5.74) is 5.98. The minimum atomic E-state index is -0.0978. The van der Waals surface area contributed by atoms with Gasteiger partial charge in [0.25, 0.3) is 0 Å². The van der Waals surface area contributed by atoms with Crippen LogP contribution in [0, 0.1) is 11.3 Å². The third kappa shape index (κ3) is 4.37. The van der Waals surface area contributed by atoms with Gasteiger partial charge in [-0.2, -0.15) is 0 Å². The van der Waals surface area contributed by atoms with Gasteiger partial charge in [-0.1, -0.05) is 48.5 Å². The highest BCUT2D eigenvalue weighted by Gasteiger charge is 2.23. The summed E-state index contributed by atoms with van der Waals surface area (Å²) in [5.74, 6) is 2.70. The van der Waals surface area contributed by atoms with Gasteiger partial charge in [-0.3, -0.25) is 0 Å². The van der Waals surface area contributed by atoms with Crippen LogP contribution in [0.4, 0.5) is 11.6 Å². The zero-order chi connectivity index (χ0) is 14.8. The van der Waals surface area contributed by atoms with E-state index >= 15 is 0 Å². The smallest absolute Gasteiger partial charge is 0.138 e. The number of hydrogen-bond acceptors (Lipinski definition) is 4. The number of nitrogens with zero attached hydrogens (tertiary/aromatic N) is 2. The lowest BCUT2D eigenvalue weighted by Crippen LogP contribution is -2.29. The van der Waals surface area contributed by atoms with Crippen molar-refractivity contribution in [3.63, 3.8) is 0 Å². The largest absolute Gasteiger partial charge is 0.384 e. The topological polar surface area (TPSA) is 63.8 Å². The van der Waals surface area contributed by atoms with Crippen molar-refractivity contribution in [2.45, 2.75) is 53.9 Å². The Morgan fingerprint density at radius 3 is 2.21 bits per heavy atom. The van der Waals surface area contributed by atoms with Gasteiger partial charge in [0.15, 0.2) is 0 Å². The summed E-state index contributed by atoms with van der Waals surface area (Å²) in [5, 5.41) is 3.39. The van der Waals surface area contributed by atoms with E-state index in [4.69, 9.17) is 5.73 Å². The second-order valence-electron chi connectivity index (χ2n) is 7.25. The molecule has 19 heavy (non-hydrogen) atoms. The van der Waals surface area contributed by atoms with Crippen molar-refractivity contribution in [2.75, 3.05) is 17.6 Å². The minimum Gasteiger partial charge on any atom is -0.384 e. The van der Waals surface area contributed by atoms with E-state index in [1.807, 2.05) is 0 Å². The highest BCUT2D eigenvalue weighted by atomic mass is 15.1. The maximum atomic E-state index is 5.86. The molecule has 0 aliphatic carbocycles. The Labute approximate surface area is 117 Å². The maximum Gasteiger partial charge on any atom is 0.138 e. The van der Waals surface area contributed by atoms with E-state index in [1.165, 1.54) is 0 Å². The van der Waals surface area contributed by atoms with E-state index in [0.29, 0.717) is 11.7 Å². The lowest BCUT2D eigenvalue weighted by Gasteiger charge is -2.29. The van der Waals surface area contributed by atoms with Gasteiger partial charge < -0.3 is 11.1 Å². The summed E-state index contributed by atoms with van der Waals surface area (Å²) in [7, 11) is 0. The van der Waals surface area contributed by atoms with Crippen LogP contribution in [-0.2, 0) is 5.41 Å². The highest BCUT2D eigenvalue weighted by Crippen LogP contribution is 2.27. The van der Waals surface area contributed by atoms with E-state index in [0.717, 1.165) is 18.2 Å². The number of nitrogens with two attached hydrogens (primary N) is 1. The van der Waals surface area contributed by atoms with E-state index in [1.54, 1.807) is 6.07 Å². The first-order chi connectivity index (χ1) is 8.52. The first kappa shape index (κ1) is 15.7. The standard InChI is InChI=1S/C15H28N4/c1-10(2)15(6,7)9-17-12-8-11(16)18-13(19-12)14(3,4)5/h8,10H,9H2,1-7H3,(H3,16,17,18,19). The maximum absolute atomic E-state index is 5.86. The van der Waals surface area contributed by atoms with Gasteiger partial charge >= 0.3 is 0 Å². The van der Waals surface area contributed by atoms with E-state index in [-0.39, 0.29) is 10.8 Å². The van der Waals surface area contributed by atoms with Crippen LogP contribution in [0.15, 0.2) is 6.07 Å². The summed E-state index contributed by atoms with van der Waals surface area (Å²) >= 11 is 0. The number of aromatic nitrogens is 2. The number of nitrogen functional groups attached to an aromatic ring is 1. The molecule has 4 nitrogen and oxygen atoms in total. The summed E-state index contributed by atoms with van der Waals surface area (Å²) < 4.78 is 0. The number of nitrogens with one attached hydrogen (secondary N) is 1. The van der Waals surface area contributed by atoms with Crippen molar-refractivity contribution in [1.29, 1.82) is 0 Å². The molecule has 1 aromatic heterocycles. The van der Waals surface area contributed by atoms with Crippen LogP contribution in [0.2, 0.25) is 0 Å². The molecule has 3 N–H and O–H groups in total. The Balaban J connectivity index is 2.88. The fourth-order valence-electron chi connectivity index (χ4n) is 1.41. The molecule has 4 heteroatoms. The van der Waals surface area contributed by atoms with Crippen LogP contribution in [0.5, 0.6) is 0 Å². The minimum absolute atomic E-state index is 0.0978. The molecule has 1 heterocycles. The van der Waals surface area contributed by atoms with Crippen molar-refractivity contribution in [2.24, 2.45) is 11.3 Å². The quantitative estimate of drug-likeness (QED) is 0.874. The van der Waals surface area contributed by atoms with E-state index in [2.05, 4.69) is 63.8 Å². The lowest BCUT2D eigenvalue weighted by atomic mass is 9.81. The third-order valence-corrected chi connectivity index (χ3v) is 3.70. The molecule has 0 atom stereocenters. The molecule has 0 aromatic carbocycles. The average molecular weight is 264 g/mol. The van der Waals surface area contributed by atoms with Crippen molar-refractivity contribution in [3.8, 4) is 0 Å². The Kier molecular flexibility index (Phi) is 4.43. The zero-order valence-corrected chi connectivity index (χ0v) is 13.3. The second kappa shape index (κ2) is 5.35. The van der Waals surface area contributed by atoms with Gasteiger partial charge in [0.1, 0.15) is 17.5 Å². The second-order valence-corrected chi connectivity index (χ2v) is 7.25. The van der Waals surface area contributed by atoms with Crippen LogP contribution >= 0.6 is 0 Å². The number of rotatable bonds is 4.